The van der Waals surface area contributed by atoms with Gasteiger partial charge >= 0.3 is 12.1 Å². The molecule has 2 atom stereocenters. The van der Waals surface area contributed by atoms with Gasteiger partial charge in [-0.2, -0.15) is 16.9 Å². The molecule has 0 aromatic heterocycles. The maximum absolute atomic E-state index is 13.0. The van der Waals surface area contributed by atoms with E-state index in [1.807, 2.05) is 43.3 Å². The second-order valence-corrected chi connectivity index (χ2v) is 12.0. The van der Waals surface area contributed by atoms with Crippen molar-refractivity contribution in [2.75, 3.05) is 24.7 Å². The third kappa shape index (κ3) is 13.0. The Kier molecular flexibility index (Phi) is 16.3. The summed E-state index contributed by atoms with van der Waals surface area (Å²) < 4.78 is 10.1. The lowest BCUT2D eigenvalue weighted by Gasteiger charge is -2.32. The third-order valence-electron chi connectivity index (χ3n) is 6.84. The number of carbonyl (C=O) groups excluding carboxylic acids is 2. The van der Waals surface area contributed by atoms with Crippen LogP contribution in [0, 0.1) is 16.0 Å². The minimum Gasteiger partial charge on any atom is -0.480 e. The van der Waals surface area contributed by atoms with E-state index in [-0.39, 0.29) is 43.8 Å². The minimum atomic E-state index is -1.04. The van der Waals surface area contributed by atoms with Crippen LogP contribution in [0.1, 0.15) is 58.1 Å². The van der Waals surface area contributed by atoms with Crippen LogP contribution >= 0.6 is 11.8 Å². The van der Waals surface area contributed by atoms with E-state index < -0.39 is 29.5 Å². The molecule has 47 heavy (non-hydrogen) atoms. The van der Waals surface area contributed by atoms with E-state index in [0.717, 1.165) is 28.2 Å². The number of aliphatic carboxylic acids is 1. The van der Waals surface area contributed by atoms with E-state index in [0.29, 0.717) is 23.5 Å². The van der Waals surface area contributed by atoms with Gasteiger partial charge in [0.1, 0.15) is 19.3 Å². The molecule has 2 aromatic rings. The van der Waals surface area contributed by atoms with E-state index in [1.165, 1.54) is 23.6 Å². The molecule has 0 aliphatic rings. The molecule has 2 rings (SSSR count). The second kappa shape index (κ2) is 19.8. The quantitative estimate of drug-likeness (QED) is 0.0262. The minimum absolute atomic E-state index is 0.0158. The summed E-state index contributed by atoms with van der Waals surface area (Å²) in [4.78, 5) is 52.9. The standard InChI is InChI=1S/C31H44N6O9S/c1-5-6-11-27(38)35(28(21(2)3)30(39)40)20-23-12-14-24(15-13-23)25-9-7-8-10-26(25)29(32)34-36(33)22(4)46-31(41)44-16-18-47-19-17-45-37(42)43/h7-10,12-15,21-22,28H,5-6,11,16-20,33H2,1-4H3,(H2,32,34)(H,39,40). The zero-order valence-corrected chi connectivity index (χ0v) is 27.9. The van der Waals surface area contributed by atoms with Crippen LogP contribution in [0.4, 0.5) is 4.79 Å². The molecule has 0 spiro atoms. The number of hydrogen-bond donors (Lipinski definition) is 3. The van der Waals surface area contributed by atoms with Crippen LogP contribution in [-0.4, -0.2) is 81.1 Å². The summed E-state index contributed by atoms with van der Waals surface area (Å²) in [5, 5.41) is 24.2. The molecule has 0 saturated heterocycles. The van der Waals surface area contributed by atoms with Crippen LogP contribution in [0.3, 0.4) is 0 Å². The van der Waals surface area contributed by atoms with Crippen LogP contribution < -0.4 is 11.6 Å². The molecule has 0 saturated carbocycles. The maximum atomic E-state index is 13.0. The van der Waals surface area contributed by atoms with E-state index in [2.05, 4.69) is 9.94 Å². The number of thioether (sulfide) groups is 1. The Labute approximate surface area is 278 Å². The van der Waals surface area contributed by atoms with Crippen molar-refractivity contribution in [1.29, 1.82) is 0 Å². The monoisotopic (exact) mass is 676 g/mol. The van der Waals surface area contributed by atoms with E-state index in [9.17, 15) is 29.6 Å². The molecule has 0 heterocycles. The molecule has 5 N–H and O–H groups in total. The molecule has 15 nitrogen and oxygen atoms in total. The Morgan fingerprint density at radius 3 is 2.34 bits per heavy atom. The summed E-state index contributed by atoms with van der Waals surface area (Å²) in [6.45, 7) is 7.15. The number of ether oxygens (including phenoxy) is 2. The number of benzene rings is 2. The Morgan fingerprint density at radius 1 is 1.06 bits per heavy atom. The fraction of sp³-hybridized carbons (Fsp3) is 0.484. The molecule has 0 radical (unpaired) electrons. The van der Waals surface area contributed by atoms with Gasteiger partial charge in [0.2, 0.25) is 12.1 Å². The normalized spacial score (nSPS) is 12.6. The highest BCUT2D eigenvalue weighted by molar-refractivity contribution is 7.99. The highest BCUT2D eigenvalue weighted by atomic mass is 32.2. The highest BCUT2D eigenvalue weighted by Gasteiger charge is 2.32. The average molecular weight is 677 g/mol. The first-order valence-corrected chi connectivity index (χ1v) is 16.3. The predicted molar refractivity (Wildman–Crippen MR) is 177 cm³/mol. The number of hydrazine groups is 1. The molecule has 2 unspecified atom stereocenters. The van der Waals surface area contributed by atoms with Crippen molar-refractivity contribution in [3.8, 4) is 11.1 Å². The largest absolute Gasteiger partial charge is 0.510 e. The van der Waals surface area contributed by atoms with Gasteiger partial charge < -0.3 is 30.1 Å². The summed E-state index contributed by atoms with van der Waals surface area (Å²) in [5.41, 5.74) is 9.19. The number of amides is 1. The molecule has 0 aliphatic heterocycles. The SMILES string of the molecule is CCCCC(=O)N(Cc1ccc(-c2ccccc2/C(N)=N/N(N)C(C)OC(=O)OCCSCCO[N+](=O)[O-])cc1)C(C(=O)O)C(C)C. The number of carboxylic acids is 1. The van der Waals surface area contributed by atoms with Gasteiger partial charge in [-0.25, -0.2) is 15.4 Å². The number of hydrogen-bond acceptors (Lipinski definition) is 12. The number of nitrogens with two attached hydrogens (primary N) is 2. The molecular weight excluding hydrogens is 632 g/mol. The number of nitrogens with zero attached hydrogens (tertiary/aromatic N) is 4. The van der Waals surface area contributed by atoms with Gasteiger partial charge in [0.15, 0.2) is 5.84 Å². The van der Waals surface area contributed by atoms with Crippen molar-refractivity contribution in [2.24, 2.45) is 22.6 Å². The number of rotatable bonds is 20. The first-order chi connectivity index (χ1) is 22.3. The van der Waals surface area contributed by atoms with Crippen LogP contribution in [0.5, 0.6) is 0 Å². The number of carbonyl (C=O) groups is 3. The summed E-state index contributed by atoms with van der Waals surface area (Å²) in [5.74, 6) is 5.30. The fourth-order valence-electron chi connectivity index (χ4n) is 4.48. The summed E-state index contributed by atoms with van der Waals surface area (Å²) in [7, 11) is 0. The Bertz CT molecular complexity index is 1360. The van der Waals surface area contributed by atoms with Crippen molar-refractivity contribution < 1.29 is 38.9 Å². The lowest BCUT2D eigenvalue weighted by Crippen LogP contribution is -2.47. The molecule has 0 aliphatic carbocycles. The molecule has 2 aromatic carbocycles. The van der Waals surface area contributed by atoms with Gasteiger partial charge in [-0.1, -0.05) is 75.7 Å². The molecule has 258 valence electrons. The topological polar surface area (TPSA) is 213 Å². The first kappa shape index (κ1) is 38.6. The Morgan fingerprint density at radius 2 is 1.72 bits per heavy atom. The van der Waals surface area contributed by atoms with Crippen LogP contribution in [0.25, 0.3) is 11.1 Å². The van der Waals surface area contributed by atoms with Crippen molar-refractivity contribution in [1.82, 2.24) is 10.0 Å². The van der Waals surface area contributed by atoms with Crippen LogP contribution in [0.2, 0.25) is 0 Å². The maximum Gasteiger partial charge on any atom is 0.510 e. The molecule has 0 bridgehead atoms. The number of amidine groups is 1. The average Bonchev–Trinajstić information content (AvgIpc) is 3.02. The fourth-order valence-corrected chi connectivity index (χ4v) is 5.08. The van der Waals surface area contributed by atoms with Gasteiger partial charge in [0.05, 0.1) is 0 Å². The Hall–Kier alpha value is -4.57. The molecule has 0 fully saturated rings. The van der Waals surface area contributed by atoms with Gasteiger partial charge in [-0.3, -0.25) is 4.79 Å². The lowest BCUT2D eigenvalue weighted by molar-refractivity contribution is -0.756. The zero-order valence-electron chi connectivity index (χ0n) is 27.1. The molecule has 1 amide bonds. The summed E-state index contributed by atoms with van der Waals surface area (Å²) >= 11 is 1.30. The smallest absolute Gasteiger partial charge is 0.480 e. The van der Waals surface area contributed by atoms with Gasteiger partial charge in [0.25, 0.3) is 5.09 Å². The number of carboxylic acid groups (broad SMARTS) is 1. The highest BCUT2D eigenvalue weighted by Crippen LogP contribution is 2.26. The number of unbranched alkanes of at least 4 members (excludes halogenated alkanes) is 1. The van der Waals surface area contributed by atoms with Crippen molar-refractivity contribution in [3.63, 3.8) is 0 Å². The lowest BCUT2D eigenvalue weighted by atomic mass is 9.97. The van der Waals surface area contributed by atoms with E-state index in [4.69, 9.17) is 21.1 Å². The van der Waals surface area contributed by atoms with Gasteiger partial charge in [-0.05, 0) is 36.0 Å². The first-order valence-electron chi connectivity index (χ1n) is 15.1. The Balaban J connectivity index is 2.10. The van der Waals surface area contributed by atoms with Gasteiger partial charge in [-0.15, -0.1) is 15.2 Å². The molecular formula is C31H44N6O9S. The van der Waals surface area contributed by atoms with Gasteiger partial charge in [0, 0.05) is 30.0 Å². The zero-order chi connectivity index (χ0) is 34.9. The second-order valence-electron chi connectivity index (χ2n) is 10.7. The van der Waals surface area contributed by atoms with E-state index in [1.54, 1.807) is 26.0 Å². The number of hydrazone groups is 1. The summed E-state index contributed by atoms with van der Waals surface area (Å²) in [6.07, 6.45) is -0.214. The molecule has 16 heteroatoms. The predicted octanol–water partition coefficient (Wildman–Crippen LogP) is 4.22. The van der Waals surface area contributed by atoms with Crippen molar-refractivity contribution >= 4 is 35.6 Å². The van der Waals surface area contributed by atoms with Crippen molar-refractivity contribution in [3.05, 3.63) is 69.8 Å². The van der Waals surface area contributed by atoms with Crippen LogP contribution in [-0.2, 0) is 30.4 Å². The van der Waals surface area contributed by atoms with E-state index >= 15 is 0 Å². The van der Waals surface area contributed by atoms with Crippen LogP contribution in [0.15, 0.2) is 53.6 Å². The summed E-state index contributed by atoms with van der Waals surface area (Å²) in [6, 6.07) is 13.7. The van der Waals surface area contributed by atoms with Crippen molar-refractivity contribution in [2.45, 2.75) is 65.8 Å². The third-order valence-corrected chi connectivity index (χ3v) is 7.75.